The van der Waals surface area contributed by atoms with Crippen LogP contribution in [0.3, 0.4) is 0 Å². The van der Waals surface area contributed by atoms with Crippen molar-refractivity contribution in [2.75, 3.05) is 18.4 Å². The lowest BCUT2D eigenvalue weighted by Crippen LogP contribution is -2.28. The van der Waals surface area contributed by atoms with Gasteiger partial charge in [-0.3, -0.25) is 9.78 Å². The van der Waals surface area contributed by atoms with Crippen molar-refractivity contribution in [2.24, 2.45) is 0 Å². The van der Waals surface area contributed by atoms with Crippen molar-refractivity contribution in [3.05, 3.63) is 70.4 Å². The summed E-state index contributed by atoms with van der Waals surface area (Å²) in [6, 6.07) is 8.40. The van der Waals surface area contributed by atoms with Crippen LogP contribution in [-0.2, 0) is 6.54 Å². The highest BCUT2D eigenvalue weighted by Crippen LogP contribution is 2.30. The summed E-state index contributed by atoms with van der Waals surface area (Å²) in [5.74, 6) is -0.970. The summed E-state index contributed by atoms with van der Waals surface area (Å²) in [5, 5.41) is 4.00. The summed E-state index contributed by atoms with van der Waals surface area (Å²) < 4.78 is 27.2. The van der Waals surface area contributed by atoms with Crippen LogP contribution in [0, 0.1) is 11.6 Å². The number of pyridine rings is 1. The van der Waals surface area contributed by atoms with Gasteiger partial charge in [0.25, 0.3) is 5.91 Å². The molecule has 2 heterocycles. The summed E-state index contributed by atoms with van der Waals surface area (Å²) in [6.45, 7) is 1.65. The molecule has 3 aromatic rings. The number of hydrogen-bond acceptors (Lipinski definition) is 3. The summed E-state index contributed by atoms with van der Waals surface area (Å²) >= 11 is 6.12. The number of nitrogens with one attached hydrogen (secondary N) is 1. The molecule has 1 amide bonds. The van der Waals surface area contributed by atoms with E-state index in [1.807, 2.05) is 0 Å². The molecular weight excluding hydrogens is 384 g/mol. The van der Waals surface area contributed by atoms with Gasteiger partial charge in [0.15, 0.2) is 0 Å². The molecule has 28 heavy (non-hydrogen) atoms. The first-order valence-electron chi connectivity index (χ1n) is 9.08. The number of nitrogens with zero attached hydrogens (tertiary/aromatic N) is 2. The molecule has 0 bridgehead atoms. The SMILES string of the molecule is O=C(c1cnc2ccc(F)cc2c1NCc1ccc(F)cc1Cl)N1CCCC1. The van der Waals surface area contributed by atoms with E-state index in [0.29, 0.717) is 40.8 Å². The minimum Gasteiger partial charge on any atom is -0.380 e. The second kappa shape index (κ2) is 7.72. The highest BCUT2D eigenvalue weighted by molar-refractivity contribution is 6.31. The van der Waals surface area contributed by atoms with Crippen molar-refractivity contribution >= 4 is 34.1 Å². The molecule has 1 aromatic heterocycles. The first-order chi connectivity index (χ1) is 13.5. The average Bonchev–Trinajstić information content (AvgIpc) is 3.21. The average molecular weight is 402 g/mol. The molecule has 4 nitrogen and oxygen atoms in total. The predicted molar refractivity (Wildman–Crippen MR) is 106 cm³/mol. The van der Waals surface area contributed by atoms with Crippen molar-refractivity contribution in [3.63, 3.8) is 0 Å². The van der Waals surface area contributed by atoms with Gasteiger partial charge in [0, 0.05) is 36.2 Å². The van der Waals surface area contributed by atoms with Gasteiger partial charge >= 0.3 is 0 Å². The third-order valence-electron chi connectivity index (χ3n) is 4.92. The van der Waals surface area contributed by atoms with Gasteiger partial charge in [0.1, 0.15) is 11.6 Å². The zero-order chi connectivity index (χ0) is 19.7. The Morgan fingerprint density at radius 2 is 1.82 bits per heavy atom. The molecule has 2 aromatic carbocycles. The summed E-state index contributed by atoms with van der Waals surface area (Å²) in [6.07, 6.45) is 3.46. The van der Waals surface area contributed by atoms with Crippen LogP contribution in [0.15, 0.2) is 42.6 Å². The Kier molecular flexibility index (Phi) is 5.13. The maximum Gasteiger partial charge on any atom is 0.257 e. The highest BCUT2D eigenvalue weighted by atomic mass is 35.5. The lowest BCUT2D eigenvalue weighted by Gasteiger charge is -2.20. The Bertz CT molecular complexity index is 1050. The topological polar surface area (TPSA) is 45.2 Å². The molecule has 1 saturated heterocycles. The Hall–Kier alpha value is -2.73. The maximum atomic E-state index is 13.9. The standard InChI is InChI=1S/C21H18ClF2N3O/c22-18-10-15(24)4-3-13(18)11-26-20-16-9-14(23)5-6-19(16)25-12-17(20)21(28)27-7-1-2-8-27/h3-6,9-10,12H,1-2,7-8,11H2,(H,25,26). The van der Waals surface area contributed by atoms with Gasteiger partial charge < -0.3 is 10.2 Å². The molecule has 0 aliphatic carbocycles. The molecule has 4 rings (SSSR count). The van der Waals surface area contributed by atoms with E-state index in [4.69, 9.17) is 11.6 Å². The van der Waals surface area contributed by atoms with Gasteiger partial charge in [0.05, 0.1) is 16.8 Å². The van der Waals surface area contributed by atoms with Crippen LogP contribution >= 0.6 is 11.6 Å². The summed E-state index contributed by atoms with van der Waals surface area (Å²) in [4.78, 5) is 19.1. The van der Waals surface area contributed by atoms with Crippen molar-refractivity contribution in [3.8, 4) is 0 Å². The van der Waals surface area contributed by atoms with Gasteiger partial charge in [-0.1, -0.05) is 17.7 Å². The Balaban J connectivity index is 1.75. The molecule has 0 spiro atoms. The zero-order valence-corrected chi connectivity index (χ0v) is 15.8. The number of halogens is 3. The van der Waals surface area contributed by atoms with Crippen molar-refractivity contribution in [1.82, 2.24) is 9.88 Å². The van der Waals surface area contributed by atoms with Crippen LogP contribution in [0.2, 0.25) is 5.02 Å². The van der Waals surface area contributed by atoms with Crippen LogP contribution in [0.5, 0.6) is 0 Å². The molecule has 0 radical (unpaired) electrons. The van der Waals surface area contributed by atoms with E-state index < -0.39 is 11.6 Å². The van der Waals surface area contributed by atoms with E-state index in [9.17, 15) is 13.6 Å². The van der Waals surface area contributed by atoms with Crippen LogP contribution in [0.25, 0.3) is 10.9 Å². The Morgan fingerprint density at radius 1 is 1.11 bits per heavy atom. The minimum atomic E-state index is -0.421. The van der Waals surface area contributed by atoms with E-state index in [-0.39, 0.29) is 17.5 Å². The van der Waals surface area contributed by atoms with Crippen molar-refractivity contribution in [2.45, 2.75) is 19.4 Å². The molecule has 1 fully saturated rings. The molecular formula is C21H18ClF2N3O. The van der Waals surface area contributed by atoms with Gasteiger partial charge in [-0.15, -0.1) is 0 Å². The second-order valence-electron chi connectivity index (χ2n) is 6.80. The third kappa shape index (κ3) is 3.64. The number of amides is 1. The quantitative estimate of drug-likeness (QED) is 0.668. The summed E-state index contributed by atoms with van der Waals surface area (Å²) in [7, 11) is 0. The fourth-order valence-electron chi connectivity index (χ4n) is 3.46. The first kappa shape index (κ1) is 18.6. The van der Waals surface area contributed by atoms with Gasteiger partial charge in [-0.2, -0.15) is 0 Å². The van der Waals surface area contributed by atoms with Crippen LogP contribution in [0.1, 0.15) is 28.8 Å². The fraction of sp³-hybridized carbons (Fsp3) is 0.238. The van der Waals surface area contributed by atoms with Crippen molar-refractivity contribution in [1.29, 1.82) is 0 Å². The largest absolute Gasteiger partial charge is 0.380 e. The Morgan fingerprint density at radius 3 is 2.57 bits per heavy atom. The Labute approximate surface area is 166 Å². The summed E-state index contributed by atoms with van der Waals surface area (Å²) in [5.41, 5.74) is 2.14. The molecule has 0 atom stereocenters. The first-order valence-corrected chi connectivity index (χ1v) is 9.46. The predicted octanol–water partition coefficient (Wildman–Crippen LogP) is 5.01. The lowest BCUT2D eigenvalue weighted by atomic mass is 10.1. The molecule has 1 N–H and O–H groups in total. The fourth-order valence-corrected chi connectivity index (χ4v) is 3.69. The van der Waals surface area contributed by atoms with Gasteiger partial charge in [-0.05, 0) is 48.7 Å². The monoisotopic (exact) mass is 401 g/mol. The molecule has 0 unspecified atom stereocenters. The molecule has 1 aliphatic heterocycles. The normalized spacial score (nSPS) is 13.9. The molecule has 144 valence electrons. The van der Waals surface area contributed by atoms with Gasteiger partial charge in [0.2, 0.25) is 0 Å². The second-order valence-corrected chi connectivity index (χ2v) is 7.20. The van der Waals surface area contributed by atoms with Crippen molar-refractivity contribution < 1.29 is 13.6 Å². The van der Waals surface area contributed by atoms with E-state index in [1.54, 1.807) is 17.0 Å². The highest BCUT2D eigenvalue weighted by Gasteiger charge is 2.24. The number of carbonyl (C=O) groups is 1. The smallest absolute Gasteiger partial charge is 0.257 e. The zero-order valence-electron chi connectivity index (χ0n) is 15.0. The lowest BCUT2D eigenvalue weighted by molar-refractivity contribution is 0.0793. The molecule has 0 saturated carbocycles. The van der Waals surface area contributed by atoms with Crippen LogP contribution < -0.4 is 5.32 Å². The number of aromatic nitrogens is 1. The van der Waals surface area contributed by atoms with E-state index in [2.05, 4.69) is 10.3 Å². The van der Waals surface area contributed by atoms with Crippen LogP contribution in [0.4, 0.5) is 14.5 Å². The van der Waals surface area contributed by atoms with Gasteiger partial charge in [-0.25, -0.2) is 8.78 Å². The number of likely N-dealkylation sites (tertiary alicyclic amines) is 1. The molecule has 1 aliphatic rings. The number of rotatable bonds is 4. The van der Waals surface area contributed by atoms with E-state index >= 15 is 0 Å². The minimum absolute atomic E-state index is 0.135. The number of benzene rings is 2. The maximum absolute atomic E-state index is 13.9. The third-order valence-corrected chi connectivity index (χ3v) is 5.28. The number of anilines is 1. The number of carbonyl (C=O) groups excluding carboxylic acids is 1. The number of fused-ring (bicyclic) bond motifs is 1. The van der Waals surface area contributed by atoms with E-state index in [0.717, 1.165) is 12.8 Å². The van der Waals surface area contributed by atoms with E-state index in [1.165, 1.54) is 30.5 Å². The number of hydrogen-bond donors (Lipinski definition) is 1. The molecule has 7 heteroatoms. The van der Waals surface area contributed by atoms with Crippen LogP contribution in [-0.4, -0.2) is 28.9 Å².